The second-order valence-electron chi connectivity index (χ2n) is 2.91. The molecule has 0 aliphatic carbocycles. The minimum absolute atomic E-state index is 0.0506. The molecule has 0 aromatic heterocycles. The molecule has 1 amide bonds. The first-order valence-electron chi connectivity index (χ1n) is 4.48. The Morgan fingerprint density at radius 3 is 2.43 bits per heavy atom. The van der Waals surface area contributed by atoms with Crippen LogP contribution in [0.4, 0.5) is 0 Å². The van der Waals surface area contributed by atoms with Crippen LogP contribution in [0.2, 0.25) is 0 Å². The number of amides is 1. The lowest BCUT2D eigenvalue weighted by molar-refractivity contribution is -0.139. The van der Waals surface area contributed by atoms with Crippen molar-refractivity contribution < 1.29 is 14.7 Å². The third-order valence-corrected chi connectivity index (χ3v) is 1.84. The van der Waals surface area contributed by atoms with Crippen molar-refractivity contribution in [1.29, 1.82) is 0 Å². The van der Waals surface area contributed by atoms with Crippen LogP contribution in [0.25, 0.3) is 0 Å². The normalized spacial score (nSPS) is 11.1. The van der Waals surface area contributed by atoms with Crippen molar-refractivity contribution >= 4 is 11.9 Å². The molecular weight excluding hydrogens is 182 g/mol. The highest BCUT2D eigenvalue weighted by Crippen LogP contribution is 2.03. The molecular formula is C10H15NO3. The van der Waals surface area contributed by atoms with E-state index >= 15 is 0 Å². The Balaban J connectivity index is 4.44. The molecule has 0 aromatic carbocycles. The van der Waals surface area contributed by atoms with E-state index in [0.717, 1.165) is 0 Å². The van der Waals surface area contributed by atoms with E-state index in [-0.39, 0.29) is 18.4 Å². The predicted octanol–water partition coefficient (Wildman–Crippen LogP) is 0.721. The monoisotopic (exact) mass is 197 g/mol. The number of carbonyl (C=O) groups is 2. The van der Waals surface area contributed by atoms with Crippen molar-refractivity contribution in [3.63, 3.8) is 0 Å². The fraction of sp³-hybridized carbons (Fsp3) is 0.600. The summed E-state index contributed by atoms with van der Waals surface area (Å²) in [7, 11) is 0. The third kappa shape index (κ3) is 3.94. The van der Waals surface area contributed by atoms with Gasteiger partial charge in [-0.3, -0.25) is 9.59 Å². The van der Waals surface area contributed by atoms with Crippen LogP contribution in [0, 0.1) is 11.8 Å². The molecule has 0 aromatic rings. The minimum atomic E-state index is -0.909. The predicted molar refractivity (Wildman–Crippen MR) is 52.6 cm³/mol. The average molecular weight is 197 g/mol. The summed E-state index contributed by atoms with van der Waals surface area (Å²) < 4.78 is 0. The molecule has 78 valence electrons. The molecule has 4 nitrogen and oxygen atoms in total. The van der Waals surface area contributed by atoms with Crippen molar-refractivity contribution in [3.8, 4) is 11.8 Å². The van der Waals surface area contributed by atoms with E-state index in [1.165, 1.54) is 4.90 Å². The van der Waals surface area contributed by atoms with Gasteiger partial charge in [0.2, 0.25) is 0 Å². The summed E-state index contributed by atoms with van der Waals surface area (Å²) in [6.07, 6.45) is -0.0506. The van der Waals surface area contributed by atoms with Gasteiger partial charge in [0.05, 0.1) is 6.42 Å². The Kier molecular flexibility index (Phi) is 5.38. The van der Waals surface area contributed by atoms with Crippen LogP contribution in [0.1, 0.15) is 27.2 Å². The van der Waals surface area contributed by atoms with Crippen molar-refractivity contribution in [3.05, 3.63) is 0 Å². The zero-order valence-electron chi connectivity index (χ0n) is 8.70. The first kappa shape index (κ1) is 12.5. The molecule has 0 aliphatic heterocycles. The Morgan fingerprint density at radius 1 is 1.50 bits per heavy atom. The van der Waals surface area contributed by atoms with Gasteiger partial charge in [0.25, 0.3) is 5.91 Å². The van der Waals surface area contributed by atoms with Gasteiger partial charge in [0.15, 0.2) is 0 Å². The summed E-state index contributed by atoms with van der Waals surface area (Å²) >= 11 is 0. The van der Waals surface area contributed by atoms with Gasteiger partial charge in [-0.1, -0.05) is 5.92 Å². The highest BCUT2D eigenvalue weighted by molar-refractivity contribution is 5.93. The molecule has 0 spiro atoms. The number of hydrogen-bond donors (Lipinski definition) is 1. The molecule has 1 N–H and O–H groups in total. The number of carboxylic acids is 1. The number of hydrogen-bond acceptors (Lipinski definition) is 2. The zero-order valence-corrected chi connectivity index (χ0v) is 8.70. The van der Waals surface area contributed by atoms with Gasteiger partial charge in [-0.05, 0) is 26.7 Å². The van der Waals surface area contributed by atoms with Gasteiger partial charge >= 0.3 is 5.97 Å². The summed E-state index contributed by atoms with van der Waals surface area (Å²) in [6, 6.07) is -0.314. The van der Waals surface area contributed by atoms with Crippen LogP contribution in [0.5, 0.6) is 0 Å². The quantitative estimate of drug-likeness (QED) is 0.676. The van der Waals surface area contributed by atoms with Crippen molar-refractivity contribution in [2.45, 2.75) is 33.2 Å². The maximum absolute atomic E-state index is 11.4. The first-order chi connectivity index (χ1) is 6.52. The van der Waals surface area contributed by atoms with E-state index < -0.39 is 5.97 Å². The second-order valence-corrected chi connectivity index (χ2v) is 2.91. The molecule has 0 saturated carbocycles. The van der Waals surface area contributed by atoms with Crippen molar-refractivity contribution in [2.24, 2.45) is 0 Å². The smallest absolute Gasteiger partial charge is 0.305 e. The largest absolute Gasteiger partial charge is 0.481 e. The second kappa shape index (κ2) is 6.03. The number of carbonyl (C=O) groups excluding carboxylic acids is 1. The fourth-order valence-electron chi connectivity index (χ4n) is 1.20. The molecule has 0 saturated heterocycles. The summed E-state index contributed by atoms with van der Waals surface area (Å²) in [6.45, 7) is 5.55. The molecule has 0 bridgehead atoms. The number of carboxylic acid groups (broad SMARTS) is 1. The SMILES string of the molecule is CC#CC(=O)N(CC)C(C)CC(=O)O. The van der Waals surface area contributed by atoms with E-state index in [9.17, 15) is 9.59 Å². The molecule has 0 fully saturated rings. The summed E-state index contributed by atoms with van der Waals surface area (Å²) in [5.41, 5.74) is 0. The molecule has 0 heterocycles. The number of nitrogens with zero attached hydrogens (tertiary/aromatic N) is 1. The molecule has 0 radical (unpaired) electrons. The van der Waals surface area contributed by atoms with Crippen molar-refractivity contribution in [1.82, 2.24) is 4.90 Å². The van der Waals surface area contributed by atoms with Crippen LogP contribution < -0.4 is 0 Å². The first-order valence-corrected chi connectivity index (χ1v) is 4.48. The summed E-state index contributed by atoms with van der Waals surface area (Å²) in [5, 5.41) is 8.57. The van der Waals surface area contributed by atoms with Gasteiger partial charge < -0.3 is 10.0 Å². The molecule has 1 atom stereocenters. The number of aliphatic carboxylic acids is 1. The lowest BCUT2D eigenvalue weighted by Crippen LogP contribution is -2.38. The van der Waals surface area contributed by atoms with Crippen LogP contribution in [0.3, 0.4) is 0 Å². The molecule has 0 rings (SSSR count). The van der Waals surface area contributed by atoms with E-state index in [4.69, 9.17) is 5.11 Å². The molecule has 4 heteroatoms. The maximum Gasteiger partial charge on any atom is 0.305 e. The molecule has 1 unspecified atom stereocenters. The van der Waals surface area contributed by atoms with E-state index in [1.807, 2.05) is 0 Å². The Labute approximate surface area is 83.9 Å². The van der Waals surface area contributed by atoms with Crippen LogP contribution in [-0.4, -0.2) is 34.5 Å². The number of rotatable bonds is 4. The van der Waals surface area contributed by atoms with Crippen molar-refractivity contribution in [2.75, 3.05) is 6.54 Å². The molecule has 14 heavy (non-hydrogen) atoms. The highest BCUT2D eigenvalue weighted by atomic mass is 16.4. The average Bonchev–Trinajstić information content (AvgIpc) is 2.04. The fourth-order valence-corrected chi connectivity index (χ4v) is 1.20. The Morgan fingerprint density at radius 2 is 2.07 bits per heavy atom. The van der Waals surface area contributed by atoms with E-state index in [1.54, 1.807) is 20.8 Å². The molecule has 0 aliphatic rings. The Bertz CT molecular complexity index is 275. The highest BCUT2D eigenvalue weighted by Gasteiger charge is 2.18. The van der Waals surface area contributed by atoms with Gasteiger partial charge in [-0.25, -0.2) is 0 Å². The summed E-state index contributed by atoms with van der Waals surface area (Å²) in [5.74, 6) is 3.67. The van der Waals surface area contributed by atoms with Gasteiger partial charge in [0.1, 0.15) is 0 Å². The topological polar surface area (TPSA) is 57.6 Å². The Hall–Kier alpha value is -1.50. The zero-order chi connectivity index (χ0) is 11.1. The minimum Gasteiger partial charge on any atom is -0.481 e. The summed E-state index contributed by atoms with van der Waals surface area (Å²) in [4.78, 5) is 23.2. The van der Waals surface area contributed by atoms with Gasteiger partial charge in [-0.2, -0.15) is 0 Å². The van der Waals surface area contributed by atoms with Crippen LogP contribution in [-0.2, 0) is 9.59 Å². The van der Waals surface area contributed by atoms with E-state index in [0.29, 0.717) is 6.54 Å². The van der Waals surface area contributed by atoms with Gasteiger partial charge in [0, 0.05) is 12.6 Å². The standard InChI is InChI=1S/C10H15NO3/c1-4-6-9(12)11(5-2)8(3)7-10(13)14/h8H,5,7H2,1-3H3,(H,13,14). The van der Waals surface area contributed by atoms with Crippen LogP contribution in [0.15, 0.2) is 0 Å². The van der Waals surface area contributed by atoms with Gasteiger partial charge in [-0.15, -0.1) is 0 Å². The van der Waals surface area contributed by atoms with Crippen LogP contribution >= 0.6 is 0 Å². The van der Waals surface area contributed by atoms with E-state index in [2.05, 4.69) is 11.8 Å². The third-order valence-electron chi connectivity index (χ3n) is 1.84. The lowest BCUT2D eigenvalue weighted by Gasteiger charge is -2.24. The maximum atomic E-state index is 11.4. The lowest BCUT2D eigenvalue weighted by atomic mass is 10.2.